The molecule has 126 valence electrons. The number of urea groups is 1. The average molecular weight is 323 g/mol. The van der Waals surface area contributed by atoms with Gasteiger partial charge in [0.1, 0.15) is 0 Å². The lowest BCUT2D eigenvalue weighted by Gasteiger charge is -2.29. The van der Waals surface area contributed by atoms with Gasteiger partial charge < -0.3 is 16.0 Å². The smallest absolute Gasteiger partial charge is 0.322 e. The third-order valence-corrected chi connectivity index (χ3v) is 4.53. The molecular formula is C20H25N3O. The molecule has 0 radical (unpaired) electrons. The molecule has 0 spiro atoms. The average Bonchev–Trinajstić information content (AvgIpc) is 2.53. The van der Waals surface area contributed by atoms with Crippen molar-refractivity contribution in [2.45, 2.75) is 39.2 Å². The summed E-state index contributed by atoms with van der Waals surface area (Å²) < 4.78 is 0. The third kappa shape index (κ3) is 3.53. The van der Waals surface area contributed by atoms with Crippen LogP contribution in [0.1, 0.15) is 37.5 Å². The van der Waals surface area contributed by atoms with Crippen LogP contribution < -0.4 is 11.1 Å². The van der Waals surface area contributed by atoms with E-state index >= 15 is 0 Å². The quantitative estimate of drug-likeness (QED) is 0.774. The molecule has 0 unspecified atom stereocenters. The predicted octanol–water partition coefficient (Wildman–Crippen LogP) is 4.16. The molecule has 1 aliphatic heterocycles. The van der Waals surface area contributed by atoms with E-state index in [1.165, 1.54) is 11.1 Å². The largest absolute Gasteiger partial charge is 0.399 e. The van der Waals surface area contributed by atoms with Crippen LogP contribution in [0.5, 0.6) is 0 Å². The van der Waals surface area contributed by atoms with E-state index in [-0.39, 0.29) is 11.4 Å². The Morgan fingerprint density at radius 3 is 2.46 bits per heavy atom. The van der Waals surface area contributed by atoms with Crippen molar-refractivity contribution in [1.82, 2.24) is 4.90 Å². The fourth-order valence-electron chi connectivity index (χ4n) is 3.01. The molecule has 0 fully saturated rings. The molecule has 1 aliphatic rings. The van der Waals surface area contributed by atoms with Gasteiger partial charge in [-0.2, -0.15) is 0 Å². The molecule has 2 amide bonds. The normalized spacial score (nSPS) is 14.2. The van der Waals surface area contributed by atoms with Gasteiger partial charge in [-0.1, -0.05) is 39.0 Å². The van der Waals surface area contributed by atoms with E-state index in [1.54, 1.807) is 0 Å². The van der Waals surface area contributed by atoms with Crippen molar-refractivity contribution in [2.24, 2.45) is 0 Å². The number of nitrogens with one attached hydrogen (secondary N) is 1. The number of benzene rings is 2. The SMILES string of the molecule is CC(C)(C)c1ccc(NC(=O)N2CCc3ccc(N)cc3C2)cc1. The van der Waals surface area contributed by atoms with Crippen molar-refractivity contribution in [1.29, 1.82) is 0 Å². The van der Waals surface area contributed by atoms with Crippen LogP contribution in [0.15, 0.2) is 42.5 Å². The summed E-state index contributed by atoms with van der Waals surface area (Å²) in [5.41, 5.74) is 11.2. The molecule has 0 atom stereocenters. The van der Waals surface area contributed by atoms with E-state index in [1.807, 2.05) is 29.2 Å². The van der Waals surface area contributed by atoms with Gasteiger partial charge in [0.15, 0.2) is 0 Å². The summed E-state index contributed by atoms with van der Waals surface area (Å²) in [5, 5.41) is 2.99. The highest BCUT2D eigenvalue weighted by molar-refractivity contribution is 5.89. The molecule has 4 nitrogen and oxygen atoms in total. The van der Waals surface area contributed by atoms with Gasteiger partial charge in [-0.3, -0.25) is 0 Å². The summed E-state index contributed by atoms with van der Waals surface area (Å²) in [7, 11) is 0. The van der Waals surface area contributed by atoms with E-state index in [2.05, 4.69) is 44.3 Å². The lowest BCUT2D eigenvalue weighted by molar-refractivity contribution is 0.206. The van der Waals surface area contributed by atoms with Gasteiger partial charge in [0.25, 0.3) is 0 Å². The third-order valence-electron chi connectivity index (χ3n) is 4.53. The Kier molecular flexibility index (Phi) is 4.22. The number of carbonyl (C=O) groups excluding carboxylic acids is 1. The number of hydrogen-bond donors (Lipinski definition) is 2. The van der Waals surface area contributed by atoms with Crippen LogP contribution in [-0.4, -0.2) is 17.5 Å². The Labute approximate surface area is 143 Å². The van der Waals surface area contributed by atoms with Crippen LogP contribution in [0.3, 0.4) is 0 Å². The van der Waals surface area contributed by atoms with Crippen molar-refractivity contribution in [3.05, 3.63) is 59.2 Å². The summed E-state index contributed by atoms with van der Waals surface area (Å²) in [4.78, 5) is 14.4. The van der Waals surface area contributed by atoms with Crippen LogP contribution in [0.4, 0.5) is 16.2 Å². The summed E-state index contributed by atoms with van der Waals surface area (Å²) in [5.74, 6) is 0. The second kappa shape index (κ2) is 6.19. The van der Waals surface area contributed by atoms with Crippen LogP contribution in [0.25, 0.3) is 0 Å². The van der Waals surface area contributed by atoms with Crippen LogP contribution in [0, 0.1) is 0 Å². The van der Waals surface area contributed by atoms with E-state index in [4.69, 9.17) is 5.73 Å². The summed E-state index contributed by atoms with van der Waals surface area (Å²) in [6.07, 6.45) is 0.867. The molecule has 0 bridgehead atoms. The fourth-order valence-corrected chi connectivity index (χ4v) is 3.01. The van der Waals surface area contributed by atoms with Gasteiger partial charge in [-0.05, 0) is 52.8 Å². The molecule has 24 heavy (non-hydrogen) atoms. The molecule has 0 aliphatic carbocycles. The molecule has 3 N–H and O–H groups in total. The summed E-state index contributed by atoms with van der Waals surface area (Å²) in [6, 6.07) is 14.0. The van der Waals surface area contributed by atoms with Crippen molar-refractivity contribution in [2.75, 3.05) is 17.6 Å². The number of fused-ring (bicyclic) bond motifs is 1. The minimum Gasteiger partial charge on any atom is -0.399 e. The van der Waals surface area contributed by atoms with Crippen LogP contribution >= 0.6 is 0 Å². The number of carbonyl (C=O) groups is 1. The van der Waals surface area contributed by atoms with Gasteiger partial charge in [0.05, 0.1) is 0 Å². The predicted molar refractivity (Wildman–Crippen MR) is 99.1 cm³/mol. The van der Waals surface area contributed by atoms with Gasteiger partial charge in [-0.15, -0.1) is 0 Å². The van der Waals surface area contributed by atoms with Gasteiger partial charge in [-0.25, -0.2) is 4.79 Å². The van der Waals surface area contributed by atoms with Gasteiger partial charge >= 0.3 is 6.03 Å². The van der Waals surface area contributed by atoms with Crippen molar-refractivity contribution < 1.29 is 4.79 Å². The zero-order valence-corrected chi connectivity index (χ0v) is 14.6. The molecule has 4 heteroatoms. The molecular weight excluding hydrogens is 298 g/mol. The lowest BCUT2D eigenvalue weighted by atomic mass is 9.87. The molecule has 3 rings (SSSR count). The van der Waals surface area contributed by atoms with E-state index in [0.717, 1.165) is 29.9 Å². The van der Waals surface area contributed by atoms with E-state index < -0.39 is 0 Å². The van der Waals surface area contributed by atoms with Crippen molar-refractivity contribution >= 4 is 17.4 Å². The highest BCUT2D eigenvalue weighted by atomic mass is 16.2. The fraction of sp³-hybridized carbons (Fsp3) is 0.350. The number of nitrogens with zero attached hydrogens (tertiary/aromatic N) is 1. The second-order valence-corrected chi connectivity index (χ2v) is 7.46. The van der Waals surface area contributed by atoms with E-state index in [0.29, 0.717) is 6.54 Å². The Bertz CT molecular complexity index is 744. The molecule has 0 saturated heterocycles. The van der Waals surface area contributed by atoms with E-state index in [9.17, 15) is 4.79 Å². The first-order valence-corrected chi connectivity index (χ1v) is 8.37. The van der Waals surface area contributed by atoms with Crippen molar-refractivity contribution in [3.63, 3.8) is 0 Å². The number of hydrogen-bond acceptors (Lipinski definition) is 2. The molecule has 1 heterocycles. The number of nitrogens with two attached hydrogens (primary N) is 1. The maximum atomic E-state index is 12.5. The zero-order valence-electron chi connectivity index (χ0n) is 14.6. The first-order valence-electron chi connectivity index (χ1n) is 8.37. The summed E-state index contributed by atoms with van der Waals surface area (Å²) in [6.45, 7) is 7.86. The first kappa shape index (κ1) is 16.4. The van der Waals surface area contributed by atoms with Gasteiger partial charge in [0, 0.05) is 24.5 Å². The zero-order chi connectivity index (χ0) is 17.3. The monoisotopic (exact) mass is 323 g/mol. The molecule has 2 aromatic carbocycles. The minimum absolute atomic E-state index is 0.0633. The summed E-state index contributed by atoms with van der Waals surface area (Å²) >= 11 is 0. The van der Waals surface area contributed by atoms with Gasteiger partial charge in [0.2, 0.25) is 0 Å². The number of rotatable bonds is 1. The van der Waals surface area contributed by atoms with Crippen molar-refractivity contribution in [3.8, 4) is 0 Å². The standard InChI is InChI=1S/C20H25N3O/c1-20(2,3)16-5-8-18(9-6-16)22-19(24)23-11-10-14-4-7-17(21)12-15(14)13-23/h4-9,12H,10-11,13,21H2,1-3H3,(H,22,24). The molecule has 2 aromatic rings. The molecule has 0 saturated carbocycles. The Morgan fingerprint density at radius 1 is 1.08 bits per heavy atom. The first-order chi connectivity index (χ1) is 11.3. The Balaban J connectivity index is 1.67. The number of anilines is 2. The maximum Gasteiger partial charge on any atom is 0.322 e. The lowest BCUT2D eigenvalue weighted by Crippen LogP contribution is -2.38. The maximum absolute atomic E-state index is 12.5. The number of amides is 2. The minimum atomic E-state index is -0.0633. The number of nitrogen functional groups attached to an aromatic ring is 1. The second-order valence-electron chi connectivity index (χ2n) is 7.46. The highest BCUT2D eigenvalue weighted by Gasteiger charge is 2.21. The van der Waals surface area contributed by atoms with Crippen LogP contribution in [-0.2, 0) is 18.4 Å². The highest BCUT2D eigenvalue weighted by Crippen LogP contribution is 2.25. The van der Waals surface area contributed by atoms with Crippen LogP contribution in [0.2, 0.25) is 0 Å². The Hall–Kier alpha value is -2.49. The molecule has 0 aromatic heterocycles. The Morgan fingerprint density at radius 2 is 1.79 bits per heavy atom. The topological polar surface area (TPSA) is 58.4 Å².